The number of amides is 1. The minimum Gasteiger partial charge on any atom is -0.321 e. The van der Waals surface area contributed by atoms with Crippen molar-refractivity contribution in [2.24, 2.45) is 5.92 Å². The molecule has 1 rings (SSSR count). The molecule has 0 aliphatic heterocycles. The van der Waals surface area contributed by atoms with E-state index in [4.69, 9.17) is 5.41 Å². The normalized spacial score (nSPS) is 13.7. The van der Waals surface area contributed by atoms with Crippen LogP contribution in [0.3, 0.4) is 0 Å². The fourth-order valence-electron chi connectivity index (χ4n) is 2.53. The Morgan fingerprint density at radius 2 is 1.92 bits per heavy atom. The first-order valence-corrected chi connectivity index (χ1v) is 8.84. The highest BCUT2D eigenvalue weighted by Crippen LogP contribution is 2.32. The highest BCUT2D eigenvalue weighted by molar-refractivity contribution is 8.17. The van der Waals surface area contributed by atoms with Crippen LogP contribution in [0.15, 0.2) is 29.2 Å². The standard InChI is InChI=1S/C18H22F4N2OS/c1-10(2)7-11(3)14-8-13(19)5-6-15(14)24-17(25)16(26-12(4)23)9-18(20,21)22/h5-6,8-11,23H,7H2,1-4H3,(H,24,25)/b16-9+,23-12?. The number of nitrogens with one attached hydrogen (secondary N) is 2. The van der Waals surface area contributed by atoms with Gasteiger partial charge >= 0.3 is 6.18 Å². The minimum atomic E-state index is -4.69. The molecular formula is C18H22F4N2OS. The molecule has 0 saturated heterocycles. The molecule has 1 aromatic rings. The minimum absolute atomic E-state index is 0.0897. The fourth-order valence-corrected chi connectivity index (χ4v) is 3.19. The third-order valence-electron chi connectivity index (χ3n) is 3.40. The average molecular weight is 390 g/mol. The molecule has 2 N–H and O–H groups in total. The number of rotatable bonds is 6. The van der Waals surface area contributed by atoms with Crippen LogP contribution in [0.1, 0.15) is 45.6 Å². The molecule has 0 aliphatic rings. The van der Waals surface area contributed by atoms with Crippen molar-refractivity contribution in [2.75, 3.05) is 5.32 Å². The molecule has 3 nitrogen and oxygen atoms in total. The summed E-state index contributed by atoms with van der Waals surface area (Å²) in [6, 6.07) is 3.76. The van der Waals surface area contributed by atoms with Crippen LogP contribution < -0.4 is 5.32 Å². The van der Waals surface area contributed by atoms with Gasteiger partial charge in [-0.05, 0) is 48.9 Å². The van der Waals surface area contributed by atoms with Crippen molar-refractivity contribution in [3.8, 4) is 0 Å². The van der Waals surface area contributed by atoms with Gasteiger partial charge in [0, 0.05) is 11.8 Å². The molecule has 1 aromatic carbocycles. The first-order valence-electron chi connectivity index (χ1n) is 8.02. The van der Waals surface area contributed by atoms with Gasteiger partial charge in [0.05, 0.1) is 9.95 Å². The molecule has 0 saturated carbocycles. The summed E-state index contributed by atoms with van der Waals surface area (Å²) in [5, 5.41) is 9.63. The number of hydrogen-bond acceptors (Lipinski definition) is 3. The van der Waals surface area contributed by atoms with Crippen LogP contribution in [0.2, 0.25) is 0 Å². The number of benzene rings is 1. The van der Waals surface area contributed by atoms with Gasteiger partial charge in [0.25, 0.3) is 5.91 Å². The zero-order valence-corrected chi connectivity index (χ0v) is 15.8. The van der Waals surface area contributed by atoms with Gasteiger partial charge in [-0.2, -0.15) is 13.2 Å². The van der Waals surface area contributed by atoms with E-state index in [-0.39, 0.29) is 22.7 Å². The van der Waals surface area contributed by atoms with E-state index in [9.17, 15) is 22.4 Å². The van der Waals surface area contributed by atoms with Crippen molar-refractivity contribution in [3.05, 3.63) is 40.6 Å². The van der Waals surface area contributed by atoms with Gasteiger partial charge in [0.1, 0.15) is 5.82 Å². The Morgan fingerprint density at radius 3 is 2.42 bits per heavy atom. The highest BCUT2D eigenvalue weighted by Gasteiger charge is 2.28. The first-order chi connectivity index (χ1) is 11.9. The van der Waals surface area contributed by atoms with Crippen LogP contribution in [0.5, 0.6) is 0 Å². The van der Waals surface area contributed by atoms with Gasteiger partial charge < -0.3 is 5.32 Å². The molecular weight excluding hydrogens is 368 g/mol. The van der Waals surface area contributed by atoms with Crippen molar-refractivity contribution in [3.63, 3.8) is 0 Å². The van der Waals surface area contributed by atoms with Crippen molar-refractivity contribution < 1.29 is 22.4 Å². The van der Waals surface area contributed by atoms with E-state index in [0.717, 1.165) is 12.5 Å². The number of carbonyl (C=O) groups is 1. The van der Waals surface area contributed by atoms with E-state index < -0.39 is 22.8 Å². The van der Waals surface area contributed by atoms with E-state index in [1.807, 2.05) is 20.8 Å². The van der Waals surface area contributed by atoms with Gasteiger partial charge in [-0.15, -0.1) is 0 Å². The van der Waals surface area contributed by atoms with Gasteiger partial charge in [-0.3, -0.25) is 10.2 Å². The average Bonchev–Trinajstić information content (AvgIpc) is 2.45. The topological polar surface area (TPSA) is 53.0 Å². The lowest BCUT2D eigenvalue weighted by Gasteiger charge is -2.19. The molecule has 144 valence electrons. The van der Waals surface area contributed by atoms with Crippen molar-refractivity contribution in [1.82, 2.24) is 0 Å². The van der Waals surface area contributed by atoms with E-state index >= 15 is 0 Å². The van der Waals surface area contributed by atoms with Crippen LogP contribution in [0.25, 0.3) is 0 Å². The van der Waals surface area contributed by atoms with Crippen LogP contribution in [-0.4, -0.2) is 17.1 Å². The maximum Gasteiger partial charge on any atom is 0.411 e. The van der Waals surface area contributed by atoms with Gasteiger partial charge in [-0.25, -0.2) is 4.39 Å². The molecule has 1 atom stereocenters. The Balaban J connectivity index is 3.17. The molecule has 26 heavy (non-hydrogen) atoms. The van der Waals surface area contributed by atoms with Gasteiger partial charge in [0.15, 0.2) is 0 Å². The van der Waals surface area contributed by atoms with Crippen LogP contribution in [-0.2, 0) is 4.79 Å². The molecule has 0 aromatic heterocycles. The number of anilines is 1. The lowest BCUT2D eigenvalue weighted by atomic mass is 9.90. The summed E-state index contributed by atoms with van der Waals surface area (Å²) < 4.78 is 51.6. The smallest absolute Gasteiger partial charge is 0.321 e. The zero-order chi connectivity index (χ0) is 20.1. The lowest BCUT2D eigenvalue weighted by Crippen LogP contribution is -2.18. The van der Waals surface area contributed by atoms with E-state index in [1.165, 1.54) is 19.1 Å². The number of hydrogen-bond donors (Lipinski definition) is 2. The molecule has 1 unspecified atom stereocenters. The molecule has 0 radical (unpaired) electrons. The summed E-state index contributed by atoms with van der Waals surface area (Å²) >= 11 is 0.420. The van der Waals surface area contributed by atoms with Gasteiger partial charge in [0.2, 0.25) is 0 Å². The Hall–Kier alpha value is -1.83. The van der Waals surface area contributed by atoms with E-state index in [0.29, 0.717) is 23.2 Å². The first kappa shape index (κ1) is 22.2. The summed E-state index contributed by atoms with van der Waals surface area (Å²) in [6.45, 7) is 7.16. The zero-order valence-electron chi connectivity index (χ0n) is 15.0. The molecule has 0 spiro atoms. The van der Waals surface area contributed by atoms with Crippen LogP contribution in [0.4, 0.5) is 23.2 Å². The summed E-state index contributed by atoms with van der Waals surface area (Å²) in [5.41, 5.74) is 0.788. The van der Waals surface area contributed by atoms with Crippen LogP contribution in [0, 0.1) is 17.1 Å². The summed E-state index contributed by atoms with van der Waals surface area (Å²) in [5.74, 6) is -1.23. The lowest BCUT2D eigenvalue weighted by molar-refractivity contribution is -0.113. The predicted octanol–water partition coefficient (Wildman–Crippen LogP) is 6.09. The summed E-state index contributed by atoms with van der Waals surface area (Å²) in [7, 11) is 0. The number of carbonyl (C=O) groups excluding carboxylic acids is 1. The van der Waals surface area contributed by atoms with Crippen molar-refractivity contribution in [1.29, 1.82) is 5.41 Å². The van der Waals surface area contributed by atoms with Crippen molar-refractivity contribution in [2.45, 2.75) is 46.2 Å². The maximum absolute atomic E-state index is 13.6. The van der Waals surface area contributed by atoms with E-state index in [2.05, 4.69) is 5.32 Å². The number of halogens is 4. The molecule has 0 heterocycles. The highest BCUT2D eigenvalue weighted by atomic mass is 32.2. The van der Waals surface area contributed by atoms with Crippen LogP contribution >= 0.6 is 11.8 Å². The fraction of sp³-hybridized carbons (Fsp3) is 0.444. The monoisotopic (exact) mass is 390 g/mol. The SMILES string of the molecule is CC(=N)S/C(=C/C(F)(F)F)C(=O)Nc1ccc(F)cc1C(C)CC(C)C. The second-order valence-electron chi connectivity index (χ2n) is 6.42. The second kappa shape index (κ2) is 9.21. The third kappa shape index (κ3) is 7.59. The Labute approximate surface area is 154 Å². The molecule has 0 aliphatic carbocycles. The van der Waals surface area contributed by atoms with Crippen molar-refractivity contribution >= 4 is 28.4 Å². The number of alkyl halides is 3. The van der Waals surface area contributed by atoms with E-state index in [1.54, 1.807) is 0 Å². The molecule has 0 fully saturated rings. The summed E-state index contributed by atoms with van der Waals surface area (Å²) in [6.07, 6.45) is -4.09. The number of allylic oxidation sites excluding steroid dienone is 1. The Bertz CT molecular complexity index is 699. The number of thioether (sulfide) groups is 1. The third-order valence-corrected chi connectivity index (χ3v) is 4.23. The Morgan fingerprint density at radius 1 is 1.31 bits per heavy atom. The molecule has 8 heteroatoms. The largest absolute Gasteiger partial charge is 0.411 e. The quantitative estimate of drug-likeness (QED) is 0.267. The Kier molecular flexibility index (Phi) is 7.87. The van der Waals surface area contributed by atoms with Gasteiger partial charge in [-0.1, -0.05) is 32.5 Å². The predicted molar refractivity (Wildman–Crippen MR) is 98.0 cm³/mol. The summed E-state index contributed by atoms with van der Waals surface area (Å²) in [4.78, 5) is 11.7. The molecule has 0 bridgehead atoms. The second-order valence-corrected chi connectivity index (χ2v) is 7.68. The maximum atomic E-state index is 13.6. The molecule has 1 amide bonds.